The van der Waals surface area contributed by atoms with Crippen molar-refractivity contribution in [3.05, 3.63) is 59.0 Å². The van der Waals surface area contributed by atoms with Crippen molar-refractivity contribution in [3.63, 3.8) is 0 Å². The van der Waals surface area contributed by atoms with Gasteiger partial charge in [0, 0.05) is 6.54 Å². The molecule has 0 bridgehead atoms. The highest BCUT2D eigenvalue weighted by molar-refractivity contribution is 5.74. The molecule has 3 N–H and O–H groups in total. The van der Waals surface area contributed by atoms with Crippen LogP contribution in [0.1, 0.15) is 6.42 Å². The summed E-state index contributed by atoms with van der Waals surface area (Å²) in [6, 6.07) is 15.1. The summed E-state index contributed by atoms with van der Waals surface area (Å²) in [6.07, 6.45) is 0.732. The van der Waals surface area contributed by atoms with Crippen molar-refractivity contribution in [1.29, 1.82) is 0 Å². The Hall–Kier alpha value is -2.69. The monoisotopic (exact) mass is 283 g/mol. The third-order valence-electron chi connectivity index (χ3n) is 3.38. The van der Waals surface area contributed by atoms with E-state index in [1.807, 2.05) is 42.5 Å². The summed E-state index contributed by atoms with van der Waals surface area (Å²) in [7, 11) is 0. The van der Waals surface area contributed by atoms with E-state index in [1.54, 1.807) is 10.6 Å². The van der Waals surface area contributed by atoms with E-state index in [1.165, 1.54) is 0 Å². The van der Waals surface area contributed by atoms with Crippen LogP contribution in [0, 0.1) is 0 Å². The zero-order chi connectivity index (χ0) is 14.7. The minimum Gasteiger partial charge on any atom is -0.491 e. The van der Waals surface area contributed by atoms with E-state index in [0.717, 1.165) is 17.5 Å². The molecule has 0 aliphatic carbocycles. The Morgan fingerprint density at radius 3 is 2.71 bits per heavy atom. The topological polar surface area (TPSA) is 73.0 Å². The van der Waals surface area contributed by atoms with Crippen molar-refractivity contribution >= 4 is 16.7 Å². The van der Waals surface area contributed by atoms with Crippen LogP contribution in [0.2, 0.25) is 0 Å². The number of hydrogen-bond donors (Lipinski definition) is 2. The SMILES string of the molecule is Nc1ccccc1OCCCn1c(=O)[nH]c2ccccc21. The van der Waals surface area contributed by atoms with Gasteiger partial charge >= 0.3 is 5.69 Å². The van der Waals surface area contributed by atoms with Crippen molar-refractivity contribution in [2.45, 2.75) is 13.0 Å². The summed E-state index contributed by atoms with van der Waals surface area (Å²) in [5.74, 6) is 0.684. The smallest absolute Gasteiger partial charge is 0.326 e. The number of H-pyrrole nitrogens is 1. The standard InChI is InChI=1S/C16H17N3O2/c17-12-6-1-4-9-15(12)21-11-5-10-19-14-8-3-2-7-13(14)18-16(19)20/h1-4,6-9H,5,10-11,17H2,(H,18,20). The Kier molecular flexibility index (Phi) is 3.64. The van der Waals surface area contributed by atoms with Gasteiger partial charge in [-0.2, -0.15) is 0 Å². The highest BCUT2D eigenvalue weighted by Gasteiger charge is 2.05. The number of ether oxygens (including phenoxy) is 1. The molecule has 0 unspecified atom stereocenters. The fourth-order valence-electron chi connectivity index (χ4n) is 2.35. The van der Waals surface area contributed by atoms with Gasteiger partial charge in [-0.05, 0) is 30.7 Å². The van der Waals surface area contributed by atoms with E-state index in [-0.39, 0.29) is 5.69 Å². The molecule has 0 amide bonds. The number of aromatic nitrogens is 2. The molecule has 1 aromatic heterocycles. The van der Waals surface area contributed by atoms with Crippen LogP contribution >= 0.6 is 0 Å². The number of aryl methyl sites for hydroxylation is 1. The Morgan fingerprint density at radius 2 is 1.86 bits per heavy atom. The molecule has 1 heterocycles. The molecule has 3 rings (SSSR count). The van der Waals surface area contributed by atoms with Gasteiger partial charge in [0.25, 0.3) is 0 Å². The molecule has 2 aromatic carbocycles. The van der Waals surface area contributed by atoms with Gasteiger partial charge in [0.05, 0.1) is 23.3 Å². The second kappa shape index (κ2) is 5.75. The average molecular weight is 283 g/mol. The molecule has 0 saturated carbocycles. The van der Waals surface area contributed by atoms with Gasteiger partial charge < -0.3 is 15.5 Å². The van der Waals surface area contributed by atoms with Crippen LogP contribution in [0.25, 0.3) is 11.0 Å². The Bertz CT molecular complexity index is 804. The predicted octanol–water partition coefficient (Wildman–Crippen LogP) is 2.38. The number of nitrogen functional groups attached to an aromatic ring is 1. The maximum Gasteiger partial charge on any atom is 0.326 e. The summed E-state index contributed by atoms with van der Waals surface area (Å²) in [4.78, 5) is 14.7. The minimum absolute atomic E-state index is 0.0876. The van der Waals surface area contributed by atoms with Crippen LogP contribution in [0.5, 0.6) is 5.75 Å². The number of anilines is 1. The van der Waals surface area contributed by atoms with Crippen LogP contribution < -0.4 is 16.2 Å². The lowest BCUT2D eigenvalue weighted by molar-refractivity contribution is 0.303. The number of nitrogens with one attached hydrogen (secondary N) is 1. The first-order chi connectivity index (χ1) is 10.3. The molecular formula is C16H17N3O2. The van der Waals surface area contributed by atoms with Crippen molar-refractivity contribution < 1.29 is 4.74 Å². The Morgan fingerprint density at radius 1 is 1.10 bits per heavy atom. The Labute approximate surface area is 122 Å². The van der Waals surface area contributed by atoms with Gasteiger partial charge in [0.15, 0.2) is 0 Å². The molecule has 0 fully saturated rings. The quantitative estimate of drug-likeness (QED) is 0.558. The minimum atomic E-state index is -0.0876. The predicted molar refractivity (Wildman–Crippen MR) is 83.5 cm³/mol. The third-order valence-corrected chi connectivity index (χ3v) is 3.38. The van der Waals surface area contributed by atoms with Gasteiger partial charge in [-0.25, -0.2) is 4.79 Å². The van der Waals surface area contributed by atoms with Gasteiger partial charge in [-0.1, -0.05) is 24.3 Å². The van der Waals surface area contributed by atoms with Crippen LogP contribution in [0.4, 0.5) is 5.69 Å². The molecule has 0 atom stereocenters. The van der Waals surface area contributed by atoms with Crippen molar-refractivity contribution in [3.8, 4) is 5.75 Å². The largest absolute Gasteiger partial charge is 0.491 e. The first-order valence-corrected chi connectivity index (χ1v) is 6.90. The molecule has 0 aliphatic rings. The summed E-state index contributed by atoms with van der Waals surface area (Å²) < 4.78 is 7.37. The van der Waals surface area contributed by atoms with Gasteiger partial charge in [0.1, 0.15) is 5.75 Å². The van der Waals surface area contributed by atoms with Gasteiger partial charge in [0.2, 0.25) is 0 Å². The molecule has 108 valence electrons. The molecule has 5 heteroatoms. The van der Waals surface area contributed by atoms with E-state index in [2.05, 4.69) is 4.98 Å². The first kappa shape index (κ1) is 13.3. The lowest BCUT2D eigenvalue weighted by atomic mass is 10.3. The normalized spacial score (nSPS) is 10.9. The molecule has 21 heavy (non-hydrogen) atoms. The number of benzene rings is 2. The van der Waals surface area contributed by atoms with Crippen LogP contribution in [-0.4, -0.2) is 16.2 Å². The van der Waals surface area contributed by atoms with Gasteiger partial charge in [-0.15, -0.1) is 0 Å². The van der Waals surface area contributed by atoms with E-state index >= 15 is 0 Å². The molecule has 5 nitrogen and oxygen atoms in total. The number of para-hydroxylation sites is 4. The van der Waals surface area contributed by atoms with Crippen molar-refractivity contribution in [1.82, 2.24) is 9.55 Å². The van der Waals surface area contributed by atoms with Crippen molar-refractivity contribution in [2.75, 3.05) is 12.3 Å². The summed E-state index contributed by atoms with van der Waals surface area (Å²) >= 11 is 0. The van der Waals surface area contributed by atoms with E-state index in [0.29, 0.717) is 24.6 Å². The maximum absolute atomic E-state index is 11.9. The average Bonchev–Trinajstić information content (AvgIpc) is 2.81. The molecule has 3 aromatic rings. The third kappa shape index (κ3) is 2.76. The molecule has 0 radical (unpaired) electrons. The summed E-state index contributed by atoms with van der Waals surface area (Å²) in [5, 5.41) is 0. The van der Waals surface area contributed by atoms with Crippen molar-refractivity contribution in [2.24, 2.45) is 0 Å². The highest BCUT2D eigenvalue weighted by Crippen LogP contribution is 2.19. The second-order valence-electron chi connectivity index (χ2n) is 4.84. The molecule has 0 spiro atoms. The number of fused-ring (bicyclic) bond motifs is 1. The Balaban J connectivity index is 1.64. The maximum atomic E-state index is 11.9. The summed E-state index contributed by atoms with van der Waals surface area (Å²) in [5.41, 5.74) is 8.13. The number of rotatable bonds is 5. The van der Waals surface area contributed by atoms with E-state index < -0.39 is 0 Å². The number of imidazole rings is 1. The van der Waals surface area contributed by atoms with Gasteiger partial charge in [-0.3, -0.25) is 4.57 Å². The number of nitrogens with zero attached hydrogens (tertiary/aromatic N) is 1. The van der Waals surface area contributed by atoms with E-state index in [9.17, 15) is 4.79 Å². The molecular weight excluding hydrogens is 266 g/mol. The zero-order valence-electron chi connectivity index (χ0n) is 11.6. The van der Waals surface area contributed by atoms with Crippen LogP contribution in [0.15, 0.2) is 53.3 Å². The number of nitrogens with two attached hydrogens (primary N) is 1. The van der Waals surface area contributed by atoms with E-state index in [4.69, 9.17) is 10.5 Å². The lowest BCUT2D eigenvalue weighted by Crippen LogP contribution is -2.18. The zero-order valence-corrected chi connectivity index (χ0v) is 11.6. The number of aromatic amines is 1. The number of hydrogen-bond acceptors (Lipinski definition) is 3. The van der Waals surface area contributed by atoms with Crippen LogP contribution in [-0.2, 0) is 6.54 Å². The highest BCUT2D eigenvalue weighted by atomic mass is 16.5. The second-order valence-corrected chi connectivity index (χ2v) is 4.84. The van der Waals surface area contributed by atoms with Crippen LogP contribution in [0.3, 0.4) is 0 Å². The fraction of sp³-hybridized carbons (Fsp3) is 0.188. The molecule has 0 aliphatic heterocycles. The lowest BCUT2D eigenvalue weighted by Gasteiger charge is -2.08. The summed E-state index contributed by atoms with van der Waals surface area (Å²) in [6.45, 7) is 1.12. The first-order valence-electron chi connectivity index (χ1n) is 6.90. The molecule has 0 saturated heterocycles. The fourth-order valence-corrected chi connectivity index (χ4v) is 2.35.